The van der Waals surface area contributed by atoms with Gasteiger partial charge in [0.15, 0.2) is 12.4 Å². The molecule has 0 saturated carbocycles. The molecular formula is C20H23ClN4O7S2. The van der Waals surface area contributed by atoms with E-state index in [0.717, 1.165) is 11.8 Å². The minimum atomic E-state index is -3.68. The summed E-state index contributed by atoms with van der Waals surface area (Å²) in [4.78, 5) is 37.6. The molecule has 1 aromatic carbocycles. The van der Waals surface area contributed by atoms with E-state index in [-0.39, 0.29) is 54.3 Å². The topological polar surface area (TPSA) is 139 Å². The number of esters is 1. The number of aromatic nitrogens is 1. The molecular weight excluding hydrogens is 508 g/mol. The Morgan fingerprint density at radius 1 is 1.15 bits per heavy atom. The molecule has 14 heteroatoms. The molecule has 0 aliphatic carbocycles. The van der Waals surface area contributed by atoms with Gasteiger partial charge in [-0.25, -0.2) is 8.42 Å². The summed E-state index contributed by atoms with van der Waals surface area (Å²) in [6, 6.07) is 7.45. The van der Waals surface area contributed by atoms with Gasteiger partial charge in [-0.05, 0) is 31.2 Å². The summed E-state index contributed by atoms with van der Waals surface area (Å²) in [5.41, 5.74) is 0. The third kappa shape index (κ3) is 7.19. The molecule has 1 fully saturated rings. The normalized spacial score (nSPS) is 14.6. The minimum Gasteiger partial charge on any atom is -0.455 e. The molecule has 0 bridgehead atoms. The lowest BCUT2D eigenvalue weighted by molar-refractivity contribution is -0.150. The number of nitrogens with zero attached hydrogens (tertiary/aromatic N) is 3. The first-order chi connectivity index (χ1) is 16.1. The number of nitrogens with one attached hydrogen (secondary N) is 1. The van der Waals surface area contributed by atoms with Crippen LogP contribution in [0.5, 0.6) is 0 Å². The lowest BCUT2D eigenvalue weighted by Crippen LogP contribution is -2.51. The molecule has 1 aliphatic rings. The highest BCUT2D eigenvalue weighted by molar-refractivity contribution is 8.00. The fraction of sp³-hybridized carbons (Fsp3) is 0.400. The molecule has 184 valence electrons. The number of hydrogen-bond acceptors (Lipinski definition) is 9. The average Bonchev–Trinajstić information content (AvgIpc) is 3.22. The van der Waals surface area contributed by atoms with Gasteiger partial charge in [-0.1, -0.05) is 16.8 Å². The number of carbonyl (C=O) groups excluding carboxylic acids is 3. The van der Waals surface area contributed by atoms with Crippen molar-refractivity contribution >= 4 is 57.0 Å². The number of carbonyl (C=O) groups is 3. The predicted molar refractivity (Wildman–Crippen MR) is 125 cm³/mol. The largest absolute Gasteiger partial charge is 0.455 e. The highest BCUT2D eigenvalue weighted by atomic mass is 35.5. The number of thioether (sulfide) groups is 1. The van der Waals surface area contributed by atoms with Crippen molar-refractivity contribution in [1.82, 2.24) is 14.4 Å². The predicted octanol–water partition coefficient (Wildman–Crippen LogP) is 1.38. The zero-order valence-corrected chi connectivity index (χ0v) is 20.6. The number of sulfonamides is 1. The molecule has 3 rings (SSSR count). The molecule has 11 nitrogen and oxygen atoms in total. The molecule has 1 aromatic heterocycles. The maximum atomic E-state index is 12.7. The molecule has 1 aliphatic heterocycles. The maximum absolute atomic E-state index is 12.7. The zero-order chi connectivity index (χ0) is 24.7. The van der Waals surface area contributed by atoms with Crippen LogP contribution in [0.25, 0.3) is 0 Å². The summed E-state index contributed by atoms with van der Waals surface area (Å²) in [6.07, 6.45) is 0. The lowest BCUT2D eigenvalue weighted by Gasteiger charge is -2.33. The number of anilines is 1. The maximum Gasteiger partial charge on any atom is 0.316 e. The van der Waals surface area contributed by atoms with E-state index in [9.17, 15) is 22.8 Å². The second-order valence-electron chi connectivity index (χ2n) is 7.26. The molecule has 1 saturated heterocycles. The summed E-state index contributed by atoms with van der Waals surface area (Å²) in [6.45, 7) is 1.85. The number of hydrogen-bond donors (Lipinski definition) is 1. The van der Waals surface area contributed by atoms with E-state index in [1.54, 1.807) is 13.0 Å². The van der Waals surface area contributed by atoms with Crippen LogP contribution in [0.15, 0.2) is 39.8 Å². The molecule has 1 N–H and O–H groups in total. The van der Waals surface area contributed by atoms with Crippen molar-refractivity contribution in [3.05, 3.63) is 41.1 Å². The second kappa shape index (κ2) is 11.7. The zero-order valence-electron chi connectivity index (χ0n) is 18.2. The quantitative estimate of drug-likeness (QED) is 0.476. The standard InChI is InChI=1S/C20H23ClN4O7S2/c1-14-10-17(23-32-14)22-18(26)12-33-13-20(28)31-11-19(27)24-6-8-25(9-7-24)34(29,30)16-4-2-15(21)3-5-16/h2-5,10H,6-9,11-13H2,1H3,(H,22,23,26). The van der Waals surface area contributed by atoms with Crippen molar-refractivity contribution in [2.45, 2.75) is 11.8 Å². The van der Waals surface area contributed by atoms with Crippen LogP contribution in [0.2, 0.25) is 5.02 Å². The van der Waals surface area contributed by atoms with Crippen molar-refractivity contribution in [3.63, 3.8) is 0 Å². The number of aryl methyl sites for hydroxylation is 1. The number of amides is 2. The number of ether oxygens (including phenoxy) is 1. The summed E-state index contributed by atoms with van der Waals surface area (Å²) >= 11 is 6.85. The third-order valence-electron chi connectivity index (χ3n) is 4.75. The van der Waals surface area contributed by atoms with Gasteiger partial charge in [-0.3, -0.25) is 14.4 Å². The molecule has 0 spiro atoms. The van der Waals surface area contributed by atoms with Crippen LogP contribution in [-0.4, -0.2) is 84.9 Å². The van der Waals surface area contributed by atoms with Crippen molar-refractivity contribution in [2.75, 3.05) is 49.6 Å². The Kier molecular flexibility index (Phi) is 8.94. The monoisotopic (exact) mass is 530 g/mol. The van der Waals surface area contributed by atoms with Gasteiger partial charge in [0.2, 0.25) is 15.9 Å². The van der Waals surface area contributed by atoms with Crippen molar-refractivity contribution < 1.29 is 32.1 Å². The van der Waals surface area contributed by atoms with Crippen LogP contribution < -0.4 is 5.32 Å². The Labute approximate surface area is 205 Å². The number of benzene rings is 1. The van der Waals surface area contributed by atoms with Crippen molar-refractivity contribution in [1.29, 1.82) is 0 Å². The van der Waals surface area contributed by atoms with Gasteiger partial charge in [-0.2, -0.15) is 4.31 Å². The molecule has 2 heterocycles. The smallest absolute Gasteiger partial charge is 0.316 e. The van der Waals surface area contributed by atoms with Gasteiger partial charge in [-0.15, -0.1) is 11.8 Å². The Bertz CT molecular complexity index is 1130. The average molecular weight is 531 g/mol. The number of piperazine rings is 1. The van der Waals surface area contributed by atoms with Gasteiger partial charge < -0.3 is 19.5 Å². The Morgan fingerprint density at radius 3 is 2.44 bits per heavy atom. The molecule has 0 unspecified atom stereocenters. The van der Waals surface area contributed by atoms with Gasteiger partial charge in [0, 0.05) is 37.3 Å². The first-order valence-corrected chi connectivity index (χ1v) is 13.1. The van der Waals surface area contributed by atoms with E-state index in [2.05, 4.69) is 10.5 Å². The van der Waals surface area contributed by atoms with E-state index >= 15 is 0 Å². The van der Waals surface area contributed by atoms with Crippen molar-refractivity contribution in [2.24, 2.45) is 0 Å². The summed E-state index contributed by atoms with van der Waals surface area (Å²) < 4.78 is 36.5. The fourth-order valence-corrected chi connectivity index (χ4v) is 5.20. The van der Waals surface area contributed by atoms with Gasteiger partial charge in [0.05, 0.1) is 16.4 Å². The van der Waals surface area contributed by atoms with E-state index < -0.39 is 28.5 Å². The van der Waals surface area contributed by atoms with E-state index in [1.807, 2.05) is 0 Å². The Morgan fingerprint density at radius 2 is 1.82 bits per heavy atom. The van der Waals surface area contributed by atoms with Crippen molar-refractivity contribution in [3.8, 4) is 0 Å². The van der Waals surface area contributed by atoms with E-state index in [1.165, 1.54) is 33.5 Å². The second-order valence-corrected chi connectivity index (χ2v) is 10.6. The van der Waals surface area contributed by atoms with Crippen LogP contribution in [0.3, 0.4) is 0 Å². The highest BCUT2D eigenvalue weighted by Gasteiger charge is 2.30. The van der Waals surface area contributed by atoms with Crippen LogP contribution in [-0.2, 0) is 29.1 Å². The highest BCUT2D eigenvalue weighted by Crippen LogP contribution is 2.20. The lowest BCUT2D eigenvalue weighted by atomic mass is 10.3. The van der Waals surface area contributed by atoms with Gasteiger partial charge in [0.25, 0.3) is 5.91 Å². The third-order valence-corrected chi connectivity index (χ3v) is 7.82. The Hall–Kier alpha value is -2.61. The summed E-state index contributed by atoms with van der Waals surface area (Å²) in [7, 11) is -3.68. The molecule has 0 radical (unpaired) electrons. The number of rotatable bonds is 9. The van der Waals surface area contributed by atoms with Crippen LogP contribution in [0, 0.1) is 6.92 Å². The fourth-order valence-electron chi connectivity index (χ4n) is 3.04. The van der Waals surface area contributed by atoms with Crippen LogP contribution in [0.4, 0.5) is 5.82 Å². The first-order valence-electron chi connectivity index (χ1n) is 10.1. The number of halogens is 1. The summed E-state index contributed by atoms with van der Waals surface area (Å²) in [5.74, 6) is -0.662. The molecule has 0 atom stereocenters. The summed E-state index contributed by atoms with van der Waals surface area (Å²) in [5, 5.41) is 6.60. The molecule has 2 aromatic rings. The van der Waals surface area contributed by atoms with E-state index in [4.69, 9.17) is 20.9 Å². The minimum absolute atomic E-state index is 0.000985. The Balaban J connectivity index is 1.35. The van der Waals surface area contributed by atoms with Gasteiger partial charge in [0.1, 0.15) is 5.76 Å². The first kappa shape index (κ1) is 26.0. The SMILES string of the molecule is Cc1cc(NC(=O)CSCC(=O)OCC(=O)N2CCN(S(=O)(=O)c3ccc(Cl)cc3)CC2)no1. The molecule has 34 heavy (non-hydrogen) atoms. The van der Waals surface area contributed by atoms with E-state index in [0.29, 0.717) is 10.8 Å². The van der Waals surface area contributed by atoms with Crippen LogP contribution >= 0.6 is 23.4 Å². The van der Waals surface area contributed by atoms with Crippen LogP contribution in [0.1, 0.15) is 5.76 Å². The molecule has 2 amide bonds. The van der Waals surface area contributed by atoms with Gasteiger partial charge >= 0.3 is 5.97 Å².